The van der Waals surface area contributed by atoms with E-state index in [4.69, 9.17) is 0 Å². The van der Waals surface area contributed by atoms with Gasteiger partial charge in [-0.25, -0.2) is 0 Å². The molecule has 0 saturated carbocycles. The lowest BCUT2D eigenvalue weighted by molar-refractivity contribution is 1.13. The molecule has 0 aromatic heterocycles. The van der Waals surface area contributed by atoms with Crippen molar-refractivity contribution >= 4 is 188 Å². The Morgan fingerprint density at radius 1 is 0.200 bits per heavy atom. The molecule has 0 unspecified atom stereocenters. The molecule has 0 saturated heterocycles. The Morgan fingerprint density at radius 2 is 0.350 bits per heavy atom. The quantitative estimate of drug-likeness (QED) is 0.227. The second kappa shape index (κ2) is 16.4. The molecule has 12 bridgehead atoms. The zero-order valence-electron chi connectivity index (χ0n) is 21.0. The molecular formula is C24H24S16. The van der Waals surface area contributed by atoms with Crippen molar-refractivity contribution in [3.63, 3.8) is 0 Å². The molecule has 216 valence electrons. The molecule has 10 aliphatic heterocycles. The number of hydrogen-bond donors (Lipinski definition) is 0. The molecule has 0 N–H and O–H groups in total. The highest BCUT2D eigenvalue weighted by Gasteiger charge is 2.33. The SMILES string of the molecule is C1CSC2=C3SCCCSC4=C(SC1)SC(=C1SC5=C(SCCCSC6=C(SCCCS5)SC(=C(S2)S3)S6)S1)S4. The summed E-state index contributed by atoms with van der Waals surface area (Å²) in [6, 6.07) is 0. The third-order valence-corrected chi connectivity index (χ3v) is 29.3. The monoisotopic (exact) mass is 824 g/mol. The van der Waals surface area contributed by atoms with E-state index in [1.807, 2.05) is 0 Å². The summed E-state index contributed by atoms with van der Waals surface area (Å²) < 4.78 is 18.8. The number of hydrogen-bond acceptors (Lipinski definition) is 16. The van der Waals surface area contributed by atoms with E-state index in [1.54, 1.807) is 50.8 Å². The van der Waals surface area contributed by atoms with Crippen molar-refractivity contribution in [2.24, 2.45) is 0 Å². The minimum absolute atomic E-state index is 1.22. The van der Waals surface area contributed by atoms with Crippen LogP contribution in [0.2, 0.25) is 0 Å². The van der Waals surface area contributed by atoms with Crippen LogP contribution in [-0.4, -0.2) is 46.0 Å². The number of thioether (sulfide) groups is 16. The molecule has 0 fully saturated rings. The molecule has 0 amide bonds. The molecule has 10 heterocycles. The summed E-state index contributed by atoms with van der Waals surface area (Å²) in [5.41, 5.74) is 0. The lowest BCUT2D eigenvalue weighted by Gasteiger charge is -2.08. The maximum absolute atomic E-state index is 2.12. The van der Waals surface area contributed by atoms with Gasteiger partial charge in [-0.05, 0) is 71.7 Å². The lowest BCUT2D eigenvalue weighted by Crippen LogP contribution is -1.88. The Bertz CT molecular complexity index is 957. The van der Waals surface area contributed by atoms with Crippen LogP contribution in [0.15, 0.2) is 50.8 Å². The van der Waals surface area contributed by atoms with E-state index < -0.39 is 0 Å². The van der Waals surface area contributed by atoms with Gasteiger partial charge in [0.15, 0.2) is 0 Å². The topological polar surface area (TPSA) is 0 Å². The van der Waals surface area contributed by atoms with Gasteiger partial charge in [0.25, 0.3) is 0 Å². The summed E-state index contributed by atoms with van der Waals surface area (Å²) in [7, 11) is 0. The Kier molecular flexibility index (Phi) is 13.4. The Balaban J connectivity index is 1.20. The van der Waals surface area contributed by atoms with Crippen molar-refractivity contribution in [3.8, 4) is 0 Å². The highest BCUT2D eigenvalue weighted by molar-refractivity contribution is 8.46. The molecular weight excluding hydrogens is 801 g/mol. The van der Waals surface area contributed by atoms with Gasteiger partial charge in [0.05, 0.1) is 50.8 Å². The second-order valence-electron chi connectivity index (χ2n) is 8.47. The Hall–Kier alpha value is 4.04. The third kappa shape index (κ3) is 8.36. The first-order valence-corrected chi connectivity index (χ1v) is 27.1. The van der Waals surface area contributed by atoms with Crippen molar-refractivity contribution in [2.45, 2.75) is 25.7 Å². The minimum Gasteiger partial charge on any atom is -0.117 e. The number of rotatable bonds is 0. The minimum atomic E-state index is 1.22. The molecule has 0 radical (unpaired) electrons. The first-order chi connectivity index (χ1) is 19.8. The summed E-state index contributed by atoms with van der Waals surface area (Å²) in [6.07, 6.45) is 5.08. The fourth-order valence-corrected chi connectivity index (χ4v) is 28.5. The summed E-state index contributed by atoms with van der Waals surface area (Å²) in [4.78, 5) is 0. The van der Waals surface area contributed by atoms with E-state index in [0.29, 0.717) is 0 Å². The summed E-state index contributed by atoms with van der Waals surface area (Å²) in [5.74, 6) is 9.79. The van der Waals surface area contributed by atoms with Crippen molar-refractivity contribution in [2.75, 3.05) is 46.0 Å². The van der Waals surface area contributed by atoms with Crippen molar-refractivity contribution in [1.29, 1.82) is 0 Å². The van der Waals surface area contributed by atoms with Gasteiger partial charge < -0.3 is 0 Å². The maximum Gasteiger partial charge on any atom is 0.0717 e. The summed E-state index contributed by atoms with van der Waals surface area (Å²) in [6.45, 7) is 0. The molecule has 10 aliphatic rings. The average Bonchev–Trinajstić information content (AvgIpc) is 3.73. The molecule has 0 spiro atoms. The van der Waals surface area contributed by atoms with Gasteiger partial charge >= 0.3 is 0 Å². The standard InChI is InChI=1S/C24H24S16/c1-5-25-13-15-27-7-2-8-28-16-14(26-6-1)34-22(36-16)24-38-18-20(40-24)32-12-4-11-31-19-17(29-9-3-10-30-18)37-23(39-19)21(33-13)35-15/h1-12H2. The zero-order chi connectivity index (χ0) is 26.7. The molecule has 40 heavy (non-hydrogen) atoms. The van der Waals surface area contributed by atoms with Crippen LogP contribution in [0.5, 0.6) is 0 Å². The van der Waals surface area contributed by atoms with Crippen LogP contribution in [0.1, 0.15) is 25.7 Å². The van der Waals surface area contributed by atoms with Gasteiger partial charge in [0, 0.05) is 0 Å². The first kappa shape index (κ1) is 32.6. The average molecular weight is 826 g/mol. The van der Waals surface area contributed by atoms with E-state index in [0.717, 1.165) is 0 Å². The normalized spacial score (nSPS) is 27.6. The second-order valence-corrected chi connectivity index (χ2v) is 28.6. The molecule has 16 heteroatoms. The van der Waals surface area contributed by atoms with Crippen molar-refractivity contribution < 1.29 is 0 Å². The van der Waals surface area contributed by atoms with Crippen LogP contribution < -0.4 is 0 Å². The highest BCUT2D eigenvalue weighted by Crippen LogP contribution is 2.68. The van der Waals surface area contributed by atoms with Gasteiger partial charge in [-0.1, -0.05) is 94.1 Å². The van der Waals surface area contributed by atoms with Crippen LogP contribution in [-0.2, 0) is 0 Å². The molecule has 10 rings (SSSR count). The molecule has 0 aliphatic carbocycles. The fourth-order valence-electron chi connectivity index (χ4n) is 3.69. The lowest BCUT2D eigenvalue weighted by atomic mass is 10.6. The van der Waals surface area contributed by atoms with Gasteiger partial charge in [0.2, 0.25) is 0 Å². The maximum atomic E-state index is 2.12. The van der Waals surface area contributed by atoms with Gasteiger partial charge in [-0.3, -0.25) is 0 Å². The summed E-state index contributed by atoms with van der Waals surface area (Å²) >= 11 is 33.7. The smallest absolute Gasteiger partial charge is 0.0717 e. The van der Waals surface area contributed by atoms with Gasteiger partial charge in [-0.15, -0.1) is 94.1 Å². The van der Waals surface area contributed by atoms with Crippen molar-refractivity contribution in [3.05, 3.63) is 50.8 Å². The zero-order valence-corrected chi connectivity index (χ0v) is 34.1. The predicted octanol–water partition coefficient (Wildman–Crippen LogP) is 14.1. The van der Waals surface area contributed by atoms with Gasteiger partial charge in [-0.2, -0.15) is 0 Å². The Labute approximate surface area is 306 Å². The Morgan fingerprint density at radius 3 is 0.500 bits per heavy atom. The van der Waals surface area contributed by atoms with E-state index in [1.165, 1.54) is 71.7 Å². The molecule has 0 aromatic rings. The highest BCUT2D eigenvalue weighted by atomic mass is 32.3. The fraction of sp³-hybridized carbons (Fsp3) is 0.500. The predicted molar refractivity (Wildman–Crippen MR) is 221 cm³/mol. The summed E-state index contributed by atoms with van der Waals surface area (Å²) in [5, 5.41) is 0. The van der Waals surface area contributed by atoms with E-state index >= 15 is 0 Å². The third-order valence-electron chi connectivity index (χ3n) is 5.50. The van der Waals surface area contributed by atoms with E-state index in [9.17, 15) is 0 Å². The first-order valence-electron chi connectivity index (χ1n) is 12.7. The van der Waals surface area contributed by atoms with Crippen LogP contribution >= 0.6 is 188 Å². The van der Waals surface area contributed by atoms with Crippen LogP contribution in [0.3, 0.4) is 0 Å². The van der Waals surface area contributed by atoms with Crippen LogP contribution in [0.4, 0.5) is 0 Å². The van der Waals surface area contributed by atoms with Gasteiger partial charge in [0.1, 0.15) is 0 Å². The van der Waals surface area contributed by atoms with E-state index in [2.05, 4.69) is 188 Å². The largest absolute Gasteiger partial charge is 0.117 e. The molecule has 0 aromatic carbocycles. The molecule has 0 atom stereocenters. The molecule has 0 nitrogen and oxygen atoms in total. The van der Waals surface area contributed by atoms with Crippen LogP contribution in [0.25, 0.3) is 0 Å². The van der Waals surface area contributed by atoms with E-state index in [-0.39, 0.29) is 0 Å². The van der Waals surface area contributed by atoms with Crippen LogP contribution in [0, 0.1) is 0 Å². The van der Waals surface area contributed by atoms with Crippen molar-refractivity contribution in [1.82, 2.24) is 0 Å².